The highest BCUT2D eigenvalue weighted by atomic mass is 32.2. The molecule has 0 fully saturated rings. The molecule has 0 bridgehead atoms. The molecule has 0 amide bonds. The van der Waals surface area contributed by atoms with Gasteiger partial charge in [-0.2, -0.15) is 0 Å². The third-order valence-corrected chi connectivity index (χ3v) is 5.39. The minimum atomic E-state index is 0.806. The van der Waals surface area contributed by atoms with E-state index in [1.165, 1.54) is 0 Å². The van der Waals surface area contributed by atoms with Crippen LogP contribution in [0.5, 0.6) is 5.75 Å². The normalized spacial score (nSPS) is 10.7. The van der Waals surface area contributed by atoms with Gasteiger partial charge in [-0.15, -0.1) is 21.5 Å². The zero-order valence-corrected chi connectivity index (χ0v) is 13.1. The monoisotopic (exact) mass is 321 g/mol. The Morgan fingerprint density at radius 2 is 2.15 bits per heavy atom. The lowest BCUT2D eigenvalue weighted by Gasteiger charge is -2.04. The molecule has 0 atom stereocenters. The van der Waals surface area contributed by atoms with Crippen molar-refractivity contribution < 1.29 is 4.74 Å². The van der Waals surface area contributed by atoms with Gasteiger partial charge in [0.15, 0.2) is 4.34 Å². The molecule has 0 saturated heterocycles. The van der Waals surface area contributed by atoms with Crippen molar-refractivity contribution in [3.63, 3.8) is 0 Å². The summed E-state index contributed by atoms with van der Waals surface area (Å²) in [6.45, 7) is 0. The molecule has 2 aromatic heterocycles. The molecule has 0 N–H and O–H groups in total. The van der Waals surface area contributed by atoms with Gasteiger partial charge in [-0.25, -0.2) is 4.98 Å². The number of hydrogen-bond acceptors (Lipinski definition) is 7. The van der Waals surface area contributed by atoms with Crippen LogP contribution in [0, 0.1) is 0 Å². The Balaban J connectivity index is 1.76. The quantitative estimate of drug-likeness (QED) is 0.666. The van der Waals surface area contributed by atoms with E-state index >= 15 is 0 Å². The molecule has 3 rings (SSSR count). The first kappa shape index (κ1) is 13.5. The Morgan fingerprint density at radius 3 is 2.95 bits per heavy atom. The molecule has 102 valence electrons. The number of para-hydroxylation sites is 1. The van der Waals surface area contributed by atoms with E-state index in [-0.39, 0.29) is 0 Å². The average molecular weight is 321 g/mol. The van der Waals surface area contributed by atoms with E-state index < -0.39 is 0 Å². The fourth-order valence-corrected chi connectivity index (χ4v) is 4.02. The first-order valence-electron chi connectivity index (χ1n) is 5.83. The molecule has 0 aliphatic carbocycles. The average Bonchev–Trinajstić information content (AvgIpc) is 3.16. The van der Waals surface area contributed by atoms with Crippen LogP contribution in [0.2, 0.25) is 0 Å². The van der Waals surface area contributed by atoms with E-state index in [0.717, 1.165) is 32.1 Å². The predicted molar refractivity (Wildman–Crippen MR) is 83.6 cm³/mol. The second kappa shape index (κ2) is 6.34. The summed E-state index contributed by atoms with van der Waals surface area (Å²) in [5, 5.41) is 10.9. The third kappa shape index (κ3) is 3.00. The van der Waals surface area contributed by atoms with Crippen LogP contribution >= 0.6 is 34.4 Å². The van der Waals surface area contributed by atoms with Gasteiger partial charge in [0.05, 0.1) is 18.4 Å². The summed E-state index contributed by atoms with van der Waals surface area (Å²) >= 11 is 4.84. The summed E-state index contributed by atoms with van der Waals surface area (Å²) < 4.78 is 6.34. The first-order valence-corrected chi connectivity index (χ1v) is 8.58. The van der Waals surface area contributed by atoms with Gasteiger partial charge in [0, 0.05) is 11.1 Å². The maximum Gasteiger partial charge on any atom is 0.174 e. The Labute approximate surface area is 128 Å². The molecule has 0 saturated carbocycles. The lowest BCUT2D eigenvalue weighted by Crippen LogP contribution is -1.87. The molecule has 0 spiro atoms. The topological polar surface area (TPSA) is 47.9 Å². The lowest BCUT2D eigenvalue weighted by molar-refractivity contribution is 0.416. The Morgan fingerprint density at radius 1 is 1.25 bits per heavy atom. The zero-order chi connectivity index (χ0) is 13.8. The van der Waals surface area contributed by atoms with E-state index in [4.69, 9.17) is 4.74 Å². The summed E-state index contributed by atoms with van der Waals surface area (Å²) in [4.78, 5) is 4.66. The van der Waals surface area contributed by atoms with Crippen LogP contribution in [-0.2, 0) is 5.75 Å². The van der Waals surface area contributed by atoms with Crippen LogP contribution in [-0.4, -0.2) is 22.3 Å². The molecule has 0 aliphatic rings. The van der Waals surface area contributed by atoms with Crippen molar-refractivity contribution in [3.8, 4) is 16.3 Å². The first-order chi connectivity index (χ1) is 9.86. The number of aromatic nitrogens is 3. The van der Waals surface area contributed by atoms with Gasteiger partial charge in [0.1, 0.15) is 16.3 Å². The molecule has 3 aromatic rings. The zero-order valence-electron chi connectivity index (χ0n) is 10.6. The summed E-state index contributed by atoms with van der Waals surface area (Å²) in [5.41, 5.74) is 3.83. The predicted octanol–water partition coefficient (Wildman–Crippen LogP) is 3.96. The number of hydrogen-bond donors (Lipinski definition) is 0. The lowest BCUT2D eigenvalue weighted by atomic mass is 10.2. The Kier molecular flexibility index (Phi) is 4.29. The molecule has 7 heteroatoms. The van der Waals surface area contributed by atoms with Gasteiger partial charge in [0.2, 0.25) is 0 Å². The van der Waals surface area contributed by atoms with Gasteiger partial charge in [-0.1, -0.05) is 35.2 Å². The van der Waals surface area contributed by atoms with Crippen molar-refractivity contribution in [3.05, 3.63) is 40.8 Å². The van der Waals surface area contributed by atoms with Crippen molar-refractivity contribution in [2.75, 3.05) is 7.11 Å². The van der Waals surface area contributed by atoms with Crippen LogP contribution in [0.4, 0.5) is 0 Å². The molecule has 2 heterocycles. The summed E-state index contributed by atoms with van der Waals surface area (Å²) in [6, 6.07) is 7.93. The largest absolute Gasteiger partial charge is 0.496 e. The van der Waals surface area contributed by atoms with Gasteiger partial charge in [-0.3, -0.25) is 0 Å². The highest BCUT2D eigenvalue weighted by molar-refractivity contribution is 8.00. The molecule has 0 radical (unpaired) electrons. The second-order valence-electron chi connectivity index (χ2n) is 3.84. The van der Waals surface area contributed by atoms with Crippen molar-refractivity contribution in [2.24, 2.45) is 0 Å². The van der Waals surface area contributed by atoms with Crippen LogP contribution in [0.25, 0.3) is 10.6 Å². The molecular weight excluding hydrogens is 310 g/mol. The van der Waals surface area contributed by atoms with E-state index in [0.29, 0.717) is 0 Å². The van der Waals surface area contributed by atoms with Crippen molar-refractivity contribution in [1.29, 1.82) is 0 Å². The molecule has 4 nitrogen and oxygen atoms in total. The van der Waals surface area contributed by atoms with E-state index in [9.17, 15) is 0 Å². The van der Waals surface area contributed by atoms with Gasteiger partial charge >= 0.3 is 0 Å². The summed E-state index contributed by atoms with van der Waals surface area (Å²) in [7, 11) is 1.68. The summed E-state index contributed by atoms with van der Waals surface area (Å²) in [5.74, 6) is 1.66. The molecular formula is C13H11N3OS3. The smallest absolute Gasteiger partial charge is 0.174 e. The van der Waals surface area contributed by atoms with Gasteiger partial charge in [-0.05, 0) is 12.1 Å². The van der Waals surface area contributed by atoms with Gasteiger partial charge < -0.3 is 4.74 Å². The second-order valence-corrected chi connectivity index (χ2v) is 6.75. The Hall–Kier alpha value is -1.44. The SMILES string of the molecule is COc1ccccc1-c1nc(CSc2nncs2)cs1. The van der Waals surface area contributed by atoms with E-state index in [2.05, 4.69) is 20.6 Å². The fraction of sp³-hybridized carbons (Fsp3) is 0.154. The fourth-order valence-electron chi connectivity index (χ4n) is 1.68. The molecule has 0 aliphatic heterocycles. The van der Waals surface area contributed by atoms with Crippen LogP contribution < -0.4 is 4.74 Å². The molecule has 1 aromatic carbocycles. The van der Waals surface area contributed by atoms with Crippen molar-refractivity contribution in [2.45, 2.75) is 10.1 Å². The number of methoxy groups -OCH3 is 1. The van der Waals surface area contributed by atoms with Crippen LogP contribution in [0.3, 0.4) is 0 Å². The maximum absolute atomic E-state index is 5.37. The van der Waals surface area contributed by atoms with Crippen LogP contribution in [0.1, 0.15) is 5.69 Å². The minimum Gasteiger partial charge on any atom is -0.496 e. The number of thiazole rings is 1. The highest BCUT2D eigenvalue weighted by Gasteiger charge is 2.10. The number of rotatable bonds is 5. The number of ether oxygens (including phenoxy) is 1. The number of benzene rings is 1. The summed E-state index contributed by atoms with van der Waals surface area (Å²) in [6.07, 6.45) is 0. The van der Waals surface area contributed by atoms with E-state index in [1.54, 1.807) is 47.1 Å². The van der Waals surface area contributed by atoms with E-state index in [1.807, 2.05) is 24.3 Å². The number of thioether (sulfide) groups is 1. The van der Waals surface area contributed by atoms with Crippen LogP contribution in [0.15, 0.2) is 39.5 Å². The third-order valence-electron chi connectivity index (χ3n) is 2.57. The van der Waals surface area contributed by atoms with Crippen molar-refractivity contribution in [1.82, 2.24) is 15.2 Å². The maximum atomic E-state index is 5.37. The number of nitrogens with zero attached hydrogens (tertiary/aromatic N) is 3. The van der Waals surface area contributed by atoms with Crippen molar-refractivity contribution >= 4 is 34.4 Å². The highest BCUT2D eigenvalue weighted by Crippen LogP contribution is 2.33. The molecule has 0 unspecified atom stereocenters. The Bertz CT molecular complexity index is 682. The minimum absolute atomic E-state index is 0.806. The standard InChI is InChI=1S/C13H11N3OS3/c1-17-11-5-3-2-4-10(11)12-15-9(6-18-12)7-19-13-16-14-8-20-13/h2-6,8H,7H2,1H3. The molecule has 20 heavy (non-hydrogen) atoms. The van der Waals surface area contributed by atoms with Gasteiger partial charge in [0.25, 0.3) is 0 Å².